The lowest BCUT2D eigenvalue weighted by Crippen LogP contribution is -2.36. The quantitative estimate of drug-likeness (QED) is 0.370. The number of anilines is 1. The largest absolute Gasteiger partial charge is 0.387 e. The number of nitrogens with two attached hydrogens (primary N) is 3. The highest BCUT2D eigenvalue weighted by atomic mass is 31.2. The van der Waals surface area contributed by atoms with E-state index in [9.17, 15) is 19.6 Å². The van der Waals surface area contributed by atoms with E-state index in [-0.39, 0.29) is 5.82 Å². The van der Waals surface area contributed by atoms with Crippen molar-refractivity contribution in [3.8, 4) is 0 Å². The van der Waals surface area contributed by atoms with Crippen LogP contribution in [0.2, 0.25) is 0 Å². The van der Waals surface area contributed by atoms with Gasteiger partial charge in [-0.05, 0) is 6.07 Å². The smallest absolute Gasteiger partial charge is 0.351 e. The summed E-state index contributed by atoms with van der Waals surface area (Å²) in [4.78, 5) is 15.2. The SMILES string of the molecule is Nc1ccn([C@@H]2O[C@H](COP(N)(N)=O)[C@@H](O)[C@H]2O)c(=O)n1. The molecule has 118 valence electrons. The van der Waals surface area contributed by atoms with E-state index in [0.29, 0.717) is 0 Å². The monoisotopic (exact) mass is 321 g/mol. The zero-order valence-electron chi connectivity index (χ0n) is 10.8. The van der Waals surface area contributed by atoms with Crippen molar-refractivity contribution in [2.75, 3.05) is 12.3 Å². The van der Waals surface area contributed by atoms with Gasteiger partial charge in [0.25, 0.3) is 0 Å². The molecular weight excluding hydrogens is 305 g/mol. The van der Waals surface area contributed by atoms with Crippen LogP contribution in [0.3, 0.4) is 0 Å². The molecule has 0 radical (unpaired) electrons. The Morgan fingerprint density at radius 2 is 2.10 bits per heavy atom. The van der Waals surface area contributed by atoms with E-state index < -0.39 is 44.5 Å². The maximum atomic E-state index is 11.7. The molecule has 0 unspecified atom stereocenters. The number of aliphatic hydroxyl groups excluding tert-OH is 2. The van der Waals surface area contributed by atoms with Crippen molar-refractivity contribution in [2.24, 2.45) is 11.0 Å². The minimum Gasteiger partial charge on any atom is -0.387 e. The van der Waals surface area contributed by atoms with Crippen LogP contribution in [-0.2, 0) is 13.8 Å². The van der Waals surface area contributed by atoms with Gasteiger partial charge in [-0.25, -0.2) is 15.8 Å². The van der Waals surface area contributed by atoms with Crippen LogP contribution in [0, 0.1) is 0 Å². The molecule has 0 saturated carbocycles. The van der Waals surface area contributed by atoms with Gasteiger partial charge >= 0.3 is 13.4 Å². The Morgan fingerprint density at radius 3 is 2.67 bits per heavy atom. The van der Waals surface area contributed by atoms with Gasteiger partial charge in [0.05, 0.1) is 6.61 Å². The molecule has 0 spiro atoms. The summed E-state index contributed by atoms with van der Waals surface area (Å²) in [6, 6.07) is 1.33. The molecular formula is C9H16N5O6P. The molecule has 12 heteroatoms. The van der Waals surface area contributed by atoms with Gasteiger partial charge in [0.2, 0.25) is 0 Å². The van der Waals surface area contributed by atoms with E-state index in [2.05, 4.69) is 9.51 Å². The van der Waals surface area contributed by atoms with Crippen LogP contribution in [0.1, 0.15) is 6.23 Å². The van der Waals surface area contributed by atoms with Crippen LogP contribution in [0.25, 0.3) is 0 Å². The maximum Gasteiger partial charge on any atom is 0.351 e. The minimum atomic E-state index is -3.74. The number of aliphatic hydroxyl groups is 2. The van der Waals surface area contributed by atoms with Gasteiger partial charge in [-0.2, -0.15) is 4.98 Å². The molecule has 8 N–H and O–H groups in total. The fourth-order valence-electron chi connectivity index (χ4n) is 1.91. The molecule has 1 aliphatic rings. The third-order valence-corrected chi connectivity index (χ3v) is 3.46. The number of nitrogen functional groups attached to an aromatic ring is 1. The second-order valence-electron chi connectivity index (χ2n) is 4.53. The predicted octanol–water partition coefficient (Wildman–Crippen LogP) is -2.51. The lowest BCUT2D eigenvalue weighted by atomic mass is 10.1. The Labute approximate surface area is 118 Å². The highest BCUT2D eigenvalue weighted by Crippen LogP contribution is 2.32. The number of rotatable bonds is 4. The number of aromatic nitrogens is 2. The summed E-state index contributed by atoms with van der Waals surface area (Å²) >= 11 is 0. The van der Waals surface area contributed by atoms with Crippen molar-refractivity contribution in [2.45, 2.75) is 24.5 Å². The molecule has 21 heavy (non-hydrogen) atoms. The molecule has 2 rings (SSSR count). The molecule has 1 saturated heterocycles. The minimum absolute atomic E-state index is 0.0105. The van der Waals surface area contributed by atoms with Crippen molar-refractivity contribution >= 4 is 13.5 Å². The third kappa shape index (κ3) is 3.66. The van der Waals surface area contributed by atoms with E-state index in [0.717, 1.165) is 4.57 Å². The number of nitrogens with zero attached hydrogens (tertiary/aromatic N) is 2. The van der Waals surface area contributed by atoms with Crippen molar-refractivity contribution in [1.82, 2.24) is 9.55 Å². The number of ether oxygens (including phenoxy) is 1. The normalized spacial score (nSPS) is 29.7. The molecule has 0 amide bonds. The van der Waals surface area contributed by atoms with Crippen LogP contribution in [-0.4, -0.2) is 44.7 Å². The number of hydrogen-bond donors (Lipinski definition) is 5. The summed E-state index contributed by atoms with van der Waals surface area (Å²) in [5.74, 6) is 0.0105. The second kappa shape index (κ2) is 5.81. The van der Waals surface area contributed by atoms with E-state index in [1.807, 2.05) is 0 Å². The van der Waals surface area contributed by atoms with Crippen LogP contribution in [0.15, 0.2) is 17.1 Å². The lowest BCUT2D eigenvalue weighted by molar-refractivity contribution is -0.0512. The summed E-state index contributed by atoms with van der Waals surface area (Å²) < 4.78 is 22.0. The average molecular weight is 321 g/mol. The van der Waals surface area contributed by atoms with Gasteiger partial charge in [0, 0.05) is 6.20 Å². The lowest BCUT2D eigenvalue weighted by Gasteiger charge is -2.17. The van der Waals surface area contributed by atoms with Gasteiger partial charge in [-0.3, -0.25) is 9.13 Å². The van der Waals surface area contributed by atoms with Gasteiger partial charge in [0.15, 0.2) is 6.23 Å². The topological polar surface area (TPSA) is 189 Å². The van der Waals surface area contributed by atoms with Gasteiger partial charge in [-0.15, -0.1) is 0 Å². The predicted molar refractivity (Wildman–Crippen MR) is 70.8 cm³/mol. The first-order valence-corrected chi connectivity index (χ1v) is 7.63. The van der Waals surface area contributed by atoms with Crippen molar-refractivity contribution < 1.29 is 24.0 Å². The van der Waals surface area contributed by atoms with Crippen LogP contribution in [0.4, 0.5) is 5.82 Å². The molecule has 1 fully saturated rings. The molecule has 1 aromatic rings. The van der Waals surface area contributed by atoms with Crippen molar-refractivity contribution in [1.29, 1.82) is 0 Å². The fraction of sp³-hybridized carbons (Fsp3) is 0.556. The Morgan fingerprint density at radius 1 is 1.43 bits per heavy atom. The van der Waals surface area contributed by atoms with Crippen LogP contribution >= 0.6 is 7.67 Å². The first-order chi connectivity index (χ1) is 9.69. The average Bonchev–Trinajstić information content (AvgIpc) is 2.64. The first kappa shape index (κ1) is 16.0. The van der Waals surface area contributed by atoms with E-state index in [1.165, 1.54) is 12.3 Å². The number of hydrogen-bond acceptors (Lipinski definition) is 8. The molecule has 11 nitrogen and oxygen atoms in total. The summed E-state index contributed by atoms with van der Waals surface area (Å²) in [7, 11) is -3.74. The standard InChI is InChI=1S/C9H16N5O6P/c10-5-1-2-14(9(17)13-5)8-7(16)6(15)4(20-8)3-19-21(11,12)18/h1-2,4,6-8,15-16H,3H2,(H2,10,13,17)(H4,11,12,18)/t4-,6-,7-,8-/m1/s1. The van der Waals surface area contributed by atoms with Gasteiger partial charge in [-0.1, -0.05) is 0 Å². The second-order valence-corrected chi connectivity index (χ2v) is 6.08. The summed E-state index contributed by atoms with van der Waals surface area (Å²) in [5.41, 5.74) is 14.6. The molecule has 2 heterocycles. The molecule has 0 aliphatic carbocycles. The highest BCUT2D eigenvalue weighted by molar-refractivity contribution is 7.53. The summed E-state index contributed by atoms with van der Waals surface area (Å²) in [5, 5.41) is 19.8. The van der Waals surface area contributed by atoms with Gasteiger partial charge in [0.1, 0.15) is 24.1 Å². The van der Waals surface area contributed by atoms with Gasteiger partial charge < -0.3 is 25.2 Å². The zero-order valence-corrected chi connectivity index (χ0v) is 11.7. The highest BCUT2D eigenvalue weighted by Gasteiger charge is 2.44. The first-order valence-electron chi connectivity index (χ1n) is 5.87. The molecule has 0 bridgehead atoms. The van der Waals surface area contributed by atoms with E-state index in [1.54, 1.807) is 0 Å². The Balaban J connectivity index is 2.16. The van der Waals surface area contributed by atoms with Crippen molar-refractivity contribution in [3.05, 3.63) is 22.7 Å². The van der Waals surface area contributed by atoms with E-state index >= 15 is 0 Å². The van der Waals surface area contributed by atoms with Crippen LogP contribution in [0.5, 0.6) is 0 Å². The van der Waals surface area contributed by atoms with E-state index in [4.69, 9.17) is 21.5 Å². The summed E-state index contributed by atoms with van der Waals surface area (Å²) in [6.07, 6.45) is -3.78. The Bertz CT molecular complexity index is 617. The molecule has 1 aliphatic heterocycles. The molecule has 4 atom stereocenters. The maximum absolute atomic E-state index is 11.7. The zero-order chi connectivity index (χ0) is 15.8. The fourth-order valence-corrected chi connectivity index (χ4v) is 2.29. The molecule has 0 aromatic carbocycles. The molecule has 1 aromatic heterocycles. The Kier molecular flexibility index (Phi) is 4.44. The summed E-state index contributed by atoms with van der Waals surface area (Å²) in [6.45, 7) is -0.407. The third-order valence-electron chi connectivity index (χ3n) is 2.90. The van der Waals surface area contributed by atoms with Crippen molar-refractivity contribution in [3.63, 3.8) is 0 Å². The Hall–Kier alpha value is -1.33. The van der Waals surface area contributed by atoms with Crippen LogP contribution < -0.4 is 22.4 Å².